The highest BCUT2D eigenvalue weighted by Gasteiger charge is 2.12. The molecule has 1 rings (SSSR count). The molecule has 0 saturated carbocycles. The second-order valence-corrected chi connectivity index (χ2v) is 5.29. The van der Waals surface area contributed by atoms with Gasteiger partial charge < -0.3 is 15.0 Å². The molecule has 5 nitrogen and oxygen atoms in total. The molecule has 1 aromatic rings. The van der Waals surface area contributed by atoms with Crippen molar-refractivity contribution < 1.29 is 9.90 Å². The second-order valence-electron chi connectivity index (χ2n) is 3.24. The van der Waals surface area contributed by atoms with Crippen LogP contribution in [0.15, 0.2) is 0 Å². The fourth-order valence-corrected chi connectivity index (χ4v) is 2.57. The van der Waals surface area contributed by atoms with Gasteiger partial charge in [0.2, 0.25) is 0 Å². The summed E-state index contributed by atoms with van der Waals surface area (Å²) in [4.78, 5) is 14.8. The highest BCUT2D eigenvalue weighted by atomic mass is 127. The van der Waals surface area contributed by atoms with Crippen LogP contribution in [-0.4, -0.2) is 27.3 Å². The Morgan fingerprint density at radius 2 is 2.25 bits per heavy atom. The van der Waals surface area contributed by atoms with Gasteiger partial charge in [-0.3, -0.25) is 0 Å². The molecule has 0 aliphatic rings. The van der Waals surface area contributed by atoms with E-state index >= 15 is 0 Å². The van der Waals surface area contributed by atoms with Crippen molar-refractivity contribution in [2.75, 3.05) is 6.54 Å². The minimum Gasteiger partial charge on any atom is -0.465 e. The Labute approximate surface area is 121 Å². The van der Waals surface area contributed by atoms with Gasteiger partial charge in [0.25, 0.3) is 0 Å². The number of imidazole rings is 1. The molecule has 0 unspecified atom stereocenters. The zero-order valence-electron chi connectivity index (χ0n) is 8.83. The van der Waals surface area contributed by atoms with Crippen molar-refractivity contribution in [2.45, 2.75) is 26.3 Å². The summed E-state index contributed by atoms with van der Waals surface area (Å²) >= 11 is 4.44. The van der Waals surface area contributed by atoms with Crippen molar-refractivity contribution in [1.82, 2.24) is 14.9 Å². The van der Waals surface area contributed by atoms with Crippen LogP contribution in [0.2, 0.25) is 0 Å². The first-order valence-corrected chi connectivity index (χ1v) is 7.09. The Morgan fingerprint density at radius 3 is 2.81 bits per heavy atom. The standard InChI is InChI=1S/C9H13I2N3O2/c1-2-3-6-13-7(10)8(11)14(6)5-4-12-9(15)16/h12H,2-5H2,1H3,(H,15,16). The van der Waals surface area contributed by atoms with E-state index in [0.29, 0.717) is 13.1 Å². The van der Waals surface area contributed by atoms with E-state index in [1.807, 2.05) is 0 Å². The number of nitrogens with one attached hydrogen (secondary N) is 1. The lowest BCUT2D eigenvalue weighted by molar-refractivity contribution is 0.194. The van der Waals surface area contributed by atoms with Gasteiger partial charge in [-0.05, 0) is 51.6 Å². The highest BCUT2D eigenvalue weighted by molar-refractivity contribution is 14.1. The van der Waals surface area contributed by atoms with Gasteiger partial charge in [0, 0.05) is 19.5 Å². The van der Waals surface area contributed by atoms with E-state index in [4.69, 9.17) is 5.11 Å². The maximum atomic E-state index is 10.4. The van der Waals surface area contributed by atoms with Crippen LogP contribution in [0.5, 0.6) is 0 Å². The molecule has 1 amide bonds. The molecule has 0 fully saturated rings. The maximum Gasteiger partial charge on any atom is 0.404 e. The topological polar surface area (TPSA) is 67.2 Å². The zero-order valence-corrected chi connectivity index (χ0v) is 13.1. The number of aromatic nitrogens is 2. The van der Waals surface area contributed by atoms with E-state index in [1.54, 1.807) is 0 Å². The number of aryl methyl sites for hydroxylation is 1. The third kappa shape index (κ3) is 3.75. The summed E-state index contributed by atoms with van der Waals surface area (Å²) in [5.74, 6) is 1.03. The van der Waals surface area contributed by atoms with Gasteiger partial charge in [-0.1, -0.05) is 6.92 Å². The first-order chi connectivity index (χ1) is 7.56. The molecule has 0 spiro atoms. The molecule has 0 aromatic carbocycles. The third-order valence-electron chi connectivity index (χ3n) is 2.03. The van der Waals surface area contributed by atoms with Crippen LogP contribution >= 0.6 is 45.2 Å². The largest absolute Gasteiger partial charge is 0.465 e. The number of halogens is 2. The summed E-state index contributed by atoms with van der Waals surface area (Å²) in [7, 11) is 0. The Hall–Kier alpha value is -0.0600. The molecule has 2 N–H and O–H groups in total. The first-order valence-electron chi connectivity index (χ1n) is 4.93. The van der Waals surface area contributed by atoms with Crippen LogP contribution in [0, 0.1) is 7.40 Å². The first kappa shape index (κ1) is 14.0. The van der Waals surface area contributed by atoms with Crippen molar-refractivity contribution in [3.63, 3.8) is 0 Å². The van der Waals surface area contributed by atoms with Gasteiger partial charge in [-0.25, -0.2) is 9.78 Å². The van der Waals surface area contributed by atoms with E-state index in [-0.39, 0.29) is 0 Å². The quantitative estimate of drug-likeness (QED) is 0.679. The molecular formula is C9H13I2N3O2. The predicted molar refractivity (Wildman–Crippen MR) is 77.7 cm³/mol. The van der Waals surface area contributed by atoms with Crippen LogP contribution in [0.4, 0.5) is 4.79 Å². The number of hydrogen-bond donors (Lipinski definition) is 2. The summed E-state index contributed by atoms with van der Waals surface area (Å²) in [5, 5.41) is 10.9. The number of carbonyl (C=O) groups is 1. The summed E-state index contributed by atoms with van der Waals surface area (Å²) in [5.41, 5.74) is 0. The highest BCUT2D eigenvalue weighted by Crippen LogP contribution is 2.17. The van der Waals surface area contributed by atoms with Crippen LogP contribution in [-0.2, 0) is 13.0 Å². The molecule has 16 heavy (non-hydrogen) atoms. The third-order valence-corrected chi connectivity index (χ3v) is 4.91. The van der Waals surface area contributed by atoms with Crippen molar-refractivity contribution in [3.8, 4) is 0 Å². The summed E-state index contributed by atoms with van der Waals surface area (Å²) < 4.78 is 4.13. The summed E-state index contributed by atoms with van der Waals surface area (Å²) in [6.45, 7) is 3.15. The fourth-order valence-electron chi connectivity index (χ4n) is 1.36. The monoisotopic (exact) mass is 449 g/mol. The lowest BCUT2D eigenvalue weighted by atomic mass is 10.3. The number of carboxylic acid groups (broad SMARTS) is 1. The smallest absolute Gasteiger partial charge is 0.404 e. The molecule has 0 atom stereocenters. The maximum absolute atomic E-state index is 10.4. The Morgan fingerprint density at radius 1 is 1.56 bits per heavy atom. The van der Waals surface area contributed by atoms with Gasteiger partial charge in [0.1, 0.15) is 13.2 Å². The van der Waals surface area contributed by atoms with E-state index in [1.165, 1.54) is 0 Å². The van der Waals surface area contributed by atoms with Gasteiger partial charge >= 0.3 is 6.09 Å². The fraction of sp³-hybridized carbons (Fsp3) is 0.556. The van der Waals surface area contributed by atoms with Gasteiger partial charge in [0.05, 0.1) is 0 Å². The molecule has 0 saturated heterocycles. The minimum absolute atomic E-state index is 0.411. The average molecular weight is 449 g/mol. The van der Waals surface area contributed by atoms with E-state index in [0.717, 1.165) is 26.1 Å². The summed E-state index contributed by atoms with van der Waals surface area (Å²) in [6.07, 6.45) is 0.976. The van der Waals surface area contributed by atoms with Crippen LogP contribution in [0.1, 0.15) is 19.2 Å². The van der Waals surface area contributed by atoms with E-state index in [9.17, 15) is 4.79 Å². The van der Waals surface area contributed by atoms with E-state index in [2.05, 4.69) is 67.0 Å². The molecule has 0 aliphatic heterocycles. The average Bonchev–Trinajstić information content (AvgIpc) is 2.46. The minimum atomic E-state index is -0.984. The predicted octanol–water partition coefficient (Wildman–Crippen LogP) is 2.31. The van der Waals surface area contributed by atoms with Crippen molar-refractivity contribution in [1.29, 1.82) is 0 Å². The Kier molecular flexibility index (Phi) is 5.79. The molecule has 0 bridgehead atoms. The van der Waals surface area contributed by atoms with Crippen LogP contribution in [0.25, 0.3) is 0 Å². The normalized spacial score (nSPS) is 10.4. The molecular weight excluding hydrogens is 436 g/mol. The van der Waals surface area contributed by atoms with Crippen LogP contribution < -0.4 is 5.32 Å². The molecule has 0 aliphatic carbocycles. The Bertz CT molecular complexity index is 379. The van der Waals surface area contributed by atoms with Crippen molar-refractivity contribution in [3.05, 3.63) is 13.2 Å². The molecule has 7 heteroatoms. The van der Waals surface area contributed by atoms with Crippen molar-refractivity contribution >= 4 is 51.3 Å². The lowest BCUT2D eigenvalue weighted by Gasteiger charge is -2.08. The SMILES string of the molecule is CCCc1nc(I)c(I)n1CCNC(=O)O. The molecule has 0 radical (unpaired) electrons. The number of amides is 1. The number of hydrogen-bond acceptors (Lipinski definition) is 2. The molecule has 1 aromatic heterocycles. The van der Waals surface area contributed by atoms with Gasteiger partial charge in [-0.15, -0.1) is 0 Å². The van der Waals surface area contributed by atoms with Gasteiger partial charge in [0.15, 0.2) is 0 Å². The van der Waals surface area contributed by atoms with Crippen LogP contribution in [0.3, 0.4) is 0 Å². The zero-order chi connectivity index (χ0) is 12.1. The molecule has 1 heterocycles. The number of nitrogens with zero attached hydrogens (tertiary/aromatic N) is 2. The second kappa shape index (κ2) is 6.62. The molecule has 90 valence electrons. The van der Waals surface area contributed by atoms with Crippen molar-refractivity contribution in [2.24, 2.45) is 0 Å². The Balaban J connectivity index is 2.72. The van der Waals surface area contributed by atoms with E-state index < -0.39 is 6.09 Å². The number of rotatable bonds is 5. The van der Waals surface area contributed by atoms with Gasteiger partial charge in [-0.2, -0.15) is 0 Å². The lowest BCUT2D eigenvalue weighted by Crippen LogP contribution is -2.26. The summed E-state index contributed by atoms with van der Waals surface area (Å²) in [6, 6.07) is 0.